The number of guanidine groups is 1. The van der Waals surface area contributed by atoms with Gasteiger partial charge in [0.2, 0.25) is 0 Å². The molecular weight excluding hydrogens is 756 g/mol. The Hall–Kier alpha value is -5.00. The first-order valence-electron chi connectivity index (χ1n) is 17.4. The highest BCUT2D eigenvalue weighted by atomic mass is 35.5. The van der Waals surface area contributed by atoms with Gasteiger partial charge < -0.3 is 10.5 Å². The lowest BCUT2D eigenvalue weighted by Crippen LogP contribution is -2.47. The molecule has 2 atom stereocenters. The zero-order chi connectivity index (χ0) is 39.7. The predicted octanol–water partition coefficient (Wildman–Crippen LogP) is 7.40. The number of aromatic nitrogens is 6. The average molecular weight is 792 g/mol. The Kier molecular flexibility index (Phi) is 9.49. The molecule has 2 saturated carbocycles. The molecule has 0 saturated heterocycles. The maximum absolute atomic E-state index is 16.0. The minimum Gasteiger partial charge on any atom is -0.463 e. The molecule has 1 aliphatic heterocycles. The topological polar surface area (TPSA) is 146 Å². The first kappa shape index (κ1) is 38.3. The van der Waals surface area contributed by atoms with Crippen LogP contribution in [0.2, 0.25) is 5.02 Å². The number of ether oxygens (including phenoxy) is 1. The van der Waals surface area contributed by atoms with Crippen molar-refractivity contribution in [1.29, 1.82) is 0 Å². The van der Waals surface area contributed by atoms with Crippen LogP contribution in [0.25, 0.3) is 16.9 Å². The Labute approximate surface area is 315 Å². The number of hydrogen-bond acceptors (Lipinski definition) is 9. The van der Waals surface area contributed by atoms with Gasteiger partial charge >= 0.3 is 12.1 Å². The lowest BCUT2D eigenvalue weighted by Gasteiger charge is -2.35. The van der Waals surface area contributed by atoms with Gasteiger partial charge in [-0.15, -0.1) is 0 Å². The van der Waals surface area contributed by atoms with Crippen molar-refractivity contribution in [3.8, 4) is 16.9 Å². The fourth-order valence-corrected chi connectivity index (χ4v) is 7.15. The Balaban J connectivity index is 1.28. The number of carbonyl (C=O) groups is 2. The monoisotopic (exact) mass is 791 g/mol. The van der Waals surface area contributed by atoms with Gasteiger partial charge in [0.05, 0.1) is 40.8 Å². The summed E-state index contributed by atoms with van der Waals surface area (Å²) in [6.07, 6.45) is -4.92. The van der Waals surface area contributed by atoms with E-state index in [0.29, 0.717) is 5.69 Å². The van der Waals surface area contributed by atoms with E-state index in [-0.39, 0.29) is 58.7 Å². The summed E-state index contributed by atoms with van der Waals surface area (Å²) in [5, 5.41) is 12.5. The Morgan fingerprint density at radius 1 is 1.09 bits per heavy atom. The molecule has 2 fully saturated rings. The summed E-state index contributed by atoms with van der Waals surface area (Å²) < 4.78 is 91.2. The highest BCUT2D eigenvalue weighted by molar-refractivity contribution is 6.32. The van der Waals surface area contributed by atoms with Gasteiger partial charge in [0.25, 0.3) is 12.3 Å². The lowest BCUT2D eigenvalue weighted by atomic mass is 9.75. The minimum absolute atomic E-state index is 0.00979. The van der Waals surface area contributed by atoms with Gasteiger partial charge in [0.15, 0.2) is 17.3 Å². The summed E-state index contributed by atoms with van der Waals surface area (Å²) in [4.78, 5) is 38.7. The van der Waals surface area contributed by atoms with E-state index in [1.54, 1.807) is 0 Å². The SMILES string of the molecule is CC(C)(C)C[C@]1(c2ccc(-c3cnn(C4CC4)n3)c(F)c2)N=C(N)N([C@H](COC(=O)CC2(C(F)(F)F)CC2)c2ccc(Cl)c(-n3ncnc3C(F)F)c2)C1=O. The Morgan fingerprint density at radius 2 is 1.82 bits per heavy atom. The fraction of sp³-hybridized carbons (Fsp3) is 0.472. The third-order valence-corrected chi connectivity index (χ3v) is 10.3. The second kappa shape index (κ2) is 13.6. The van der Waals surface area contributed by atoms with Crippen molar-refractivity contribution in [2.75, 3.05) is 6.61 Å². The molecule has 2 aliphatic carbocycles. The molecular formula is C36H36ClF6N9O3. The largest absolute Gasteiger partial charge is 0.463 e. The number of aliphatic imine (C=N–C) groups is 1. The molecule has 3 aliphatic rings. The summed E-state index contributed by atoms with van der Waals surface area (Å²) in [5.74, 6) is -3.75. The second-order valence-electron chi connectivity index (χ2n) is 15.4. The molecule has 292 valence electrons. The number of benzene rings is 2. The van der Waals surface area contributed by atoms with E-state index in [1.165, 1.54) is 47.4 Å². The number of alkyl halides is 5. The molecule has 12 nitrogen and oxygen atoms in total. The van der Waals surface area contributed by atoms with Gasteiger partial charge in [-0.1, -0.05) is 44.5 Å². The lowest BCUT2D eigenvalue weighted by molar-refractivity contribution is -0.195. The quantitative estimate of drug-likeness (QED) is 0.115. The Morgan fingerprint density at radius 3 is 2.44 bits per heavy atom. The molecule has 55 heavy (non-hydrogen) atoms. The number of carbonyl (C=O) groups excluding carboxylic acids is 2. The molecule has 19 heteroatoms. The maximum Gasteiger partial charge on any atom is 0.395 e. The highest BCUT2D eigenvalue weighted by Crippen LogP contribution is 2.60. The molecule has 2 aromatic heterocycles. The van der Waals surface area contributed by atoms with Crippen LogP contribution in [-0.4, -0.2) is 65.3 Å². The average Bonchev–Trinajstić information content (AvgIpc) is 3.97. The number of esters is 1. The summed E-state index contributed by atoms with van der Waals surface area (Å²) in [5.41, 5.74) is 2.50. The first-order valence-corrected chi connectivity index (χ1v) is 17.8. The standard InChI is InChI=1S/C36H36ClF6N9O3/c1-33(2,3)17-35(20-5-8-22(24(38)13-20)25-15-46-52(49-25)21-6-7-21)31(54)50(32(44)48-35)27(16-55-28(53)14-34(10-11-34)36(41,42)43)19-4-9-23(37)26(12-19)51-30(29(39)40)45-18-47-51/h4-5,8-9,12-13,15,18,21,27,29H,6-7,10-11,14,16-17H2,1-3H3,(H2,44,48)/t27-,35-/m1/s1. The first-order chi connectivity index (χ1) is 25.8. The fourth-order valence-electron chi connectivity index (χ4n) is 6.95. The predicted molar refractivity (Wildman–Crippen MR) is 185 cm³/mol. The van der Waals surface area contributed by atoms with E-state index < -0.39 is 71.6 Å². The van der Waals surface area contributed by atoms with E-state index >= 15 is 4.39 Å². The minimum atomic E-state index is -4.64. The molecule has 0 unspecified atom stereocenters. The smallest absolute Gasteiger partial charge is 0.395 e. The van der Waals surface area contributed by atoms with E-state index in [9.17, 15) is 31.5 Å². The van der Waals surface area contributed by atoms with Crippen LogP contribution < -0.4 is 5.73 Å². The highest BCUT2D eigenvalue weighted by Gasteiger charge is 2.64. The molecule has 2 N–H and O–H groups in total. The molecule has 2 aromatic carbocycles. The number of hydrogen-bond donors (Lipinski definition) is 1. The third-order valence-electron chi connectivity index (χ3n) is 10.0. The zero-order valence-electron chi connectivity index (χ0n) is 29.8. The van der Waals surface area contributed by atoms with Crippen molar-refractivity contribution in [2.45, 2.75) is 89.5 Å². The number of nitrogens with two attached hydrogens (primary N) is 1. The van der Waals surface area contributed by atoms with Crippen LogP contribution in [-0.2, 0) is 19.9 Å². The molecule has 0 bridgehead atoms. The summed E-state index contributed by atoms with van der Waals surface area (Å²) in [7, 11) is 0. The molecule has 3 heterocycles. The number of halogens is 7. The molecule has 7 rings (SSSR count). The van der Waals surface area contributed by atoms with Crippen LogP contribution >= 0.6 is 11.6 Å². The van der Waals surface area contributed by atoms with Crippen LogP contribution in [0.5, 0.6) is 0 Å². The van der Waals surface area contributed by atoms with Gasteiger partial charge in [-0.3, -0.25) is 14.5 Å². The van der Waals surface area contributed by atoms with Gasteiger partial charge in [0.1, 0.15) is 24.4 Å². The number of amides is 1. The Bertz CT molecular complexity index is 2170. The third kappa shape index (κ3) is 7.27. The van der Waals surface area contributed by atoms with Crippen LogP contribution in [0.1, 0.15) is 94.8 Å². The summed E-state index contributed by atoms with van der Waals surface area (Å²) >= 11 is 6.43. The van der Waals surface area contributed by atoms with Crippen molar-refractivity contribution in [3.63, 3.8) is 0 Å². The van der Waals surface area contributed by atoms with Gasteiger partial charge in [-0.25, -0.2) is 27.8 Å². The van der Waals surface area contributed by atoms with Crippen LogP contribution in [0.15, 0.2) is 53.9 Å². The van der Waals surface area contributed by atoms with E-state index in [1.807, 2.05) is 20.8 Å². The van der Waals surface area contributed by atoms with Crippen LogP contribution in [0.3, 0.4) is 0 Å². The van der Waals surface area contributed by atoms with Crippen molar-refractivity contribution in [3.05, 3.63) is 76.7 Å². The summed E-state index contributed by atoms with van der Waals surface area (Å²) in [6.45, 7) is 4.81. The number of nitrogens with zero attached hydrogens (tertiary/aromatic N) is 8. The number of rotatable bonds is 12. The van der Waals surface area contributed by atoms with Crippen molar-refractivity contribution in [2.24, 2.45) is 21.6 Å². The normalized spacial score (nSPS) is 20.2. The van der Waals surface area contributed by atoms with E-state index in [2.05, 4.69) is 25.3 Å². The van der Waals surface area contributed by atoms with Crippen molar-refractivity contribution < 1.29 is 40.7 Å². The van der Waals surface area contributed by atoms with Crippen molar-refractivity contribution >= 4 is 29.4 Å². The summed E-state index contributed by atoms with van der Waals surface area (Å²) in [6, 6.07) is 7.00. The van der Waals surface area contributed by atoms with Gasteiger partial charge in [-0.05, 0) is 72.9 Å². The maximum atomic E-state index is 16.0. The van der Waals surface area contributed by atoms with Crippen LogP contribution in [0, 0.1) is 16.6 Å². The molecule has 0 spiro atoms. The molecule has 0 radical (unpaired) electrons. The van der Waals surface area contributed by atoms with Gasteiger partial charge in [-0.2, -0.15) is 33.3 Å². The van der Waals surface area contributed by atoms with Gasteiger partial charge in [0, 0.05) is 5.56 Å². The zero-order valence-corrected chi connectivity index (χ0v) is 30.6. The van der Waals surface area contributed by atoms with E-state index in [4.69, 9.17) is 22.1 Å². The second-order valence-corrected chi connectivity index (χ2v) is 15.8. The molecule has 1 amide bonds. The van der Waals surface area contributed by atoms with E-state index in [0.717, 1.165) is 28.8 Å². The van der Waals surface area contributed by atoms with Crippen molar-refractivity contribution in [1.82, 2.24) is 34.7 Å². The van der Waals surface area contributed by atoms with Crippen LogP contribution in [0.4, 0.5) is 26.3 Å². The molecule has 4 aromatic rings.